The van der Waals surface area contributed by atoms with Gasteiger partial charge in [0.25, 0.3) is 0 Å². The van der Waals surface area contributed by atoms with Gasteiger partial charge in [-0.25, -0.2) is 23.1 Å². The number of carbonyl (C=O) groups is 1. The van der Waals surface area contributed by atoms with Crippen molar-refractivity contribution in [3.8, 4) is 11.3 Å². The van der Waals surface area contributed by atoms with Crippen LogP contribution in [-0.2, 0) is 24.1 Å². The Labute approximate surface area is 199 Å². The minimum Gasteiger partial charge on any atom is -0.382 e. The molecule has 35 heavy (non-hydrogen) atoms. The van der Waals surface area contributed by atoms with Gasteiger partial charge in [0.1, 0.15) is 17.6 Å². The van der Waals surface area contributed by atoms with Gasteiger partial charge in [0.15, 0.2) is 17.5 Å². The highest BCUT2D eigenvalue weighted by Gasteiger charge is 2.26. The van der Waals surface area contributed by atoms with Gasteiger partial charge in [-0.15, -0.1) is 0 Å². The molecule has 8 heteroatoms. The summed E-state index contributed by atoms with van der Waals surface area (Å²) in [4.78, 5) is 22.1. The molecule has 0 aliphatic heterocycles. The van der Waals surface area contributed by atoms with E-state index in [1.807, 2.05) is 6.07 Å². The van der Waals surface area contributed by atoms with Crippen molar-refractivity contribution in [3.05, 3.63) is 112 Å². The minimum absolute atomic E-state index is 0.0817. The molecule has 0 radical (unpaired) electrons. The van der Waals surface area contributed by atoms with E-state index in [1.165, 1.54) is 18.2 Å². The Bertz CT molecular complexity index is 1430. The number of nitrogens with one attached hydrogen (secondary N) is 1. The summed E-state index contributed by atoms with van der Waals surface area (Å²) < 4.78 is 40.6. The van der Waals surface area contributed by atoms with Gasteiger partial charge >= 0.3 is 0 Å². The molecule has 1 aromatic heterocycles. The molecule has 1 aliphatic carbocycles. The van der Waals surface area contributed by atoms with Crippen LogP contribution in [-0.4, -0.2) is 21.0 Å². The number of rotatable bonds is 5. The largest absolute Gasteiger partial charge is 0.382 e. The fraction of sp³-hybridized carbons (Fsp3) is 0.148. The van der Waals surface area contributed by atoms with Crippen LogP contribution < -0.4 is 5.32 Å². The molecule has 1 amide bonds. The van der Waals surface area contributed by atoms with Crippen molar-refractivity contribution in [2.45, 2.75) is 25.4 Å². The summed E-state index contributed by atoms with van der Waals surface area (Å²) in [6.45, 7) is 0. The van der Waals surface area contributed by atoms with Crippen molar-refractivity contribution in [3.63, 3.8) is 0 Å². The van der Waals surface area contributed by atoms with Gasteiger partial charge in [-0.2, -0.15) is 0 Å². The van der Waals surface area contributed by atoms with E-state index in [2.05, 4.69) is 15.3 Å². The Kier molecular flexibility index (Phi) is 6.05. The number of benzene rings is 3. The van der Waals surface area contributed by atoms with Crippen LogP contribution in [0.15, 0.2) is 66.7 Å². The molecule has 1 aliphatic rings. The highest BCUT2D eigenvalue weighted by Crippen LogP contribution is 2.35. The van der Waals surface area contributed by atoms with Crippen molar-refractivity contribution in [2.24, 2.45) is 0 Å². The number of aryl methyl sites for hydroxylation is 2. The van der Waals surface area contributed by atoms with Crippen molar-refractivity contribution >= 4 is 11.7 Å². The number of hydrogen-bond acceptors (Lipinski definition) is 4. The minimum atomic E-state index is -1.20. The average molecular weight is 475 g/mol. The summed E-state index contributed by atoms with van der Waals surface area (Å²) in [5.74, 6) is -2.82. The number of amides is 1. The molecule has 0 fully saturated rings. The van der Waals surface area contributed by atoms with Crippen LogP contribution in [0.4, 0.5) is 19.0 Å². The summed E-state index contributed by atoms with van der Waals surface area (Å²) in [5.41, 5.74) is 3.61. The standard InChI is InChI=1S/C27H20F3N3O2/c28-18-8-9-19-17(14-18)7-11-22-24(19)33-25(26(35)16-4-2-1-3-5-16)27(31-22)32-23(34)13-15-6-10-20(29)21(30)12-15/h1-6,8-10,12,14,26,35H,7,11,13H2,(H,31,32,34). The summed E-state index contributed by atoms with van der Waals surface area (Å²) >= 11 is 0. The number of aliphatic hydroxyl groups excluding tert-OH is 1. The Morgan fingerprint density at radius 1 is 0.943 bits per heavy atom. The van der Waals surface area contributed by atoms with Crippen LogP contribution in [0.2, 0.25) is 0 Å². The molecule has 3 aromatic carbocycles. The zero-order valence-electron chi connectivity index (χ0n) is 18.4. The molecule has 1 atom stereocenters. The highest BCUT2D eigenvalue weighted by molar-refractivity contribution is 5.92. The molecule has 5 rings (SSSR count). The van der Waals surface area contributed by atoms with E-state index in [0.29, 0.717) is 29.8 Å². The van der Waals surface area contributed by atoms with Gasteiger partial charge in [0.2, 0.25) is 5.91 Å². The van der Waals surface area contributed by atoms with Gasteiger partial charge in [-0.1, -0.05) is 36.4 Å². The Morgan fingerprint density at radius 2 is 1.74 bits per heavy atom. The molecule has 1 unspecified atom stereocenters. The number of aromatic nitrogens is 2. The summed E-state index contributed by atoms with van der Waals surface area (Å²) in [7, 11) is 0. The lowest BCUT2D eigenvalue weighted by Crippen LogP contribution is -2.21. The first-order valence-electron chi connectivity index (χ1n) is 11.1. The van der Waals surface area contributed by atoms with E-state index >= 15 is 0 Å². The van der Waals surface area contributed by atoms with E-state index in [4.69, 9.17) is 0 Å². The molecule has 0 saturated carbocycles. The monoisotopic (exact) mass is 475 g/mol. The maximum Gasteiger partial charge on any atom is 0.229 e. The number of nitrogens with zero attached hydrogens (tertiary/aromatic N) is 2. The quantitative estimate of drug-likeness (QED) is 0.430. The number of fused-ring (bicyclic) bond motifs is 3. The fourth-order valence-corrected chi connectivity index (χ4v) is 4.21. The lowest BCUT2D eigenvalue weighted by molar-refractivity contribution is -0.115. The van der Waals surface area contributed by atoms with E-state index in [1.54, 1.807) is 30.3 Å². The first kappa shape index (κ1) is 22.7. The zero-order chi connectivity index (χ0) is 24.5. The number of hydrogen-bond donors (Lipinski definition) is 2. The van der Waals surface area contributed by atoms with E-state index < -0.39 is 23.6 Å². The number of aliphatic hydroxyl groups is 1. The molecule has 4 aromatic rings. The molecule has 5 nitrogen and oxygen atoms in total. The number of carbonyl (C=O) groups excluding carboxylic acids is 1. The van der Waals surface area contributed by atoms with Gasteiger partial charge in [-0.3, -0.25) is 4.79 Å². The van der Waals surface area contributed by atoms with E-state index in [0.717, 1.165) is 23.3 Å². The summed E-state index contributed by atoms with van der Waals surface area (Å²) in [6, 6.07) is 16.5. The molecule has 0 saturated heterocycles. The second kappa shape index (κ2) is 9.31. The van der Waals surface area contributed by atoms with Crippen LogP contribution in [0.1, 0.15) is 34.2 Å². The van der Waals surface area contributed by atoms with Crippen LogP contribution in [0.25, 0.3) is 11.3 Å². The predicted octanol–water partition coefficient (Wildman–Crippen LogP) is 4.92. The predicted molar refractivity (Wildman–Crippen MR) is 124 cm³/mol. The molecule has 0 spiro atoms. The smallest absolute Gasteiger partial charge is 0.229 e. The lowest BCUT2D eigenvalue weighted by atomic mass is 9.91. The number of anilines is 1. The molecule has 2 N–H and O–H groups in total. The van der Waals surface area contributed by atoms with Crippen LogP contribution in [0.3, 0.4) is 0 Å². The van der Waals surface area contributed by atoms with Crippen molar-refractivity contribution < 1.29 is 23.1 Å². The third-order valence-electron chi connectivity index (χ3n) is 5.93. The Balaban J connectivity index is 1.54. The van der Waals surface area contributed by atoms with Gasteiger partial charge in [-0.05, 0) is 59.9 Å². The van der Waals surface area contributed by atoms with Gasteiger partial charge < -0.3 is 10.4 Å². The molecular formula is C27H20F3N3O2. The van der Waals surface area contributed by atoms with Crippen LogP contribution >= 0.6 is 0 Å². The van der Waals surface area contributed by atoms with Crippen LogP contribution in [0.5, 0.6) is 0 Å². The first-order chi connectivity index (χ1) is 16.9. The third kappa shape index (κ3) is 4.65. The van der Waals surface area contributed by atoms with E-state index in [9.17, 15) is 23.1 Å². The molecule has 176 valence electrons. The van der Waals surface area contributed by atoms with E-state index in [-0.39, 0.29) is 29.3 Å². The molecular weight excluding hydrogens is 455 g/mol. The normalized spacial score (nSPS) is 13.0. The molecule has 0 bridgehead atoms. The lowest BCUT2D eigenvalue weighted by Gasteiger charge is -2.22. The average Bonchev–Trinajstić information content (AvgIpc) is 2.85. The van der Waals surface area contributed by atoms with Crippen LogP contribution in [0, 0.1) is 17.5 Å². The zero-order valence-corrected chi connectivity index (χ0v) is 18.4. The fourth-order valence-electron chi connectivity index (χ4n) is 4.21. The number of halogens is 3. The second-order valence-electron chi connectivity index (χ2n) is 8.34. The summed E-state index contributed by atoms with van der Waals surface area (Å²) in [6.07, 6.45) is -0.387. The van der Waals surface area contributed by atoms with Gasteiger partial charge in [0, 0.05) is 5.56 Å². The molecule has 1 heterocycles. The Hall–Kier alpha value is -4.04. The Morgan fingerprint density at radius 3 is 2.51 bits per heavy atom. The first-order valence-corrected chi connectivity index (χ1v) is 11.1. The SMILES string of the molecule is O=C(Cc1ccc(F)c(F)c1)Nc1nc2c(nc1C(O)c1ccccc1)-c1ccc(F)cc1CC2. The second-order valence-corrected chi connectivity index (χ2v) is 8.34. The van der Waals surface area contributed by atoms with Crippen molar-refractivity contribution in [1.82, 2.24) is 9.97 Å². The summed E-state index contributed by atoms with van der Waals surface area (Å²) in [5, 5.41) is 13.8. The topological polar surface area (TPSA) is 75.1 Å². The third-order valence-corrected chi connectivity index (χ3v) is 5.93. The highest BCUT2D eigenvalue weighted by atomic mass is 19.2. The van der Waals surface area contributed by atoms with Crippen molar-refractivity contribution in [1.29, 1.82) is 0 Å². The van der Waals surface area contributed by atoms with Crippen molar-refractivity contribution in [2.75, 3.05) is 5.32 Å². The van der Waals surface area contributed by atoms with Gasteiger partial charge in [0.05, 0.1) is 17.8 Å². The maximum atomic E-state index is 13.8. The maximum absolute atomic E-state index is 13.8.